The lowest BCUT2D eigenvalue weighted by molar-refractivity contribution is 0.414. The Morgan fingerprint density at radius 1 is 0.444 bits per heavy atom. The highest BCUT2D eigenvalue weighted by atomic mass is 16.3. The Labute approximate surface area is 265 Å². The van der Waals surface area contributed by atoms with E-state index >= 15 is 0 Å². The van der Waals surface area contributed by atoms with Crippen molar-refractivity contribution in [3.8, 4) is 17.2 Å². The number of phenolic OH excluding ortho intramolecular Hbond substituents is 3. The van der Waals surface area contributed by atoms with Crippen LogP contribution in [0.2, 0.25) is 0 Å². The molecule has 3 aromatic carbocycles. The van der Waals surface area contributed by atoms with E-state index in [1.165, 1.54) is 16.7 Å². The molecule has 9 heteroatoms. The van der Waals surface area contributed by atoms with E-state index in [-0.39, 0.29) is 0 Å². The molecule has 0 saturated carbocycles. The monoisotopic (exact) mass is 612 g/mol. The van der Waals surface area contributed by atoms with Crippen LogP contribution in [0.3, 0.4) is 0 Å². The van der Waals surface area contributed by atoms with Crippen molar-refractivity contribution in [3.63, 3.8) is 0 Å². The number of rotatable bonds is 9. The van der Waals surface area contributed by atoms with Crippen molar-refractivity contribution in [2.45, 2.75) is 19.3 Å². The normalized spacial score (nSPS) is 11.4. The number of benzene rings is 3. The summed E-state index contributed by atoms with van der Waals surface area (Å²) in [4.78, 5) is 15.9. The summed E-state index contributed by atoms with van der Waals surface area (Å²) in [6.07, 6.45) is 8.79. The van der Waals surface area contributed by atoms with Crippen LogP contribution in [0.1, 0.15) is 16.7 Å². The minimum Gasteiger partial charge on any atom is -0.507 e. The van der Waals surface area contributed by atoms with E-state index in [4.69, 9.17) is 0 Å². The van der Waals surface area contributed by atoms with Gasteiger partial charge in [0.2, 0.25) is 0 Å². The first-order valence-electron chi connectivity index (χ1n) is 15.3. The number of fused-ring (bicyclic) bond motifs is 3. The number of aromatic nitrogens is 3. The first-order chi connectivity index (χ1) is 21.5. The second-order valence-corrected chi connectivity index (χ2v) is 12.2. The minimum absolute atomic E-state index is 0.363. The Bertz CT molecular complexity index is 1590. The lowest BCUT2D eigenvalue weighted by atomic mass is 10.1. The number of aromatic hydroxyl groups is 3. The van der Waals surface area contributed by atoms with Crippen molar-refractivity contribution in [1.29, 1.82) is 0 Å². The van der Waals surface area contributed by atoms with E-state index in [0.717, 1.165) is 71.6 Å². The molecule has 3 aromatic heterocycles. The molecule has 3 heterocycles. The fourth-order valence-electron chi connectivity index (χ4n) is 5.33. The van der Waals surface area contributed by atoms with Crippen LogP contribution in [-0.2, 0) is 19.3 Å². The number of H-pyrrole nitrogens is 3. The van der Waals surface area contributed by atoms with E-state index in [1.54, 1.807) is 18.2 Å². The van der Waals surface area contributed by atoms with Gasteiger partial charge < -0.3 is 45.0 Å². The molecule has 240 valence electrons. The zero-order valence-corrected chi connectivity index (χ0v) is 27.4. The van der Waals surface area contributed by atoms with Crippen molar-refractivity contribution in [2.24, 2.45) is 0 Å². The van der Waals surface area contributed by atoms with Crippen molar-refractivity contribution in [1.82, 2.24) is 29.7 Å². The highest BCUT2D eigenvalue weighted by Gasteiger charge is 2.09. The van der Waals surface area contributed by atoms with Crippen molar-refractivity contribution < 1.29 is 15.3 Å². The van der Waals surface area contributed by atoms with Crippen LogP contribution in [0.5, 0.6) is 17.2 Å². The molecule has 9 nitrogen and oxygen atoms in total. The fourth-order valence-corrected chi connectivity index (χ4v) is 5.33. The van der Waals surface area contributed by atoms with E-state index in [0.29, 0.717) is 17.2 Å². The Hall–Kier alpha value is -4.44. The summed E-state index contributed by atoms with van der Waals surface area (Å²) in [7, 11) is 12.3. The third-order valence-corrected chi connectivity index (χ3v) is 7.78. The molecule has 0 aliphatic heterocycles. The average Bonchev–Trinajstić information content (AvgIpc) is 3.73. The number of nitrogens with one attached hydrogen (secondary N) is 3. The van der Waals surface area contributed by atoms with Crippen LogP contribution in [0.4, 0.5) is 0 Å². The molecule has 0 saturated heterocycles. The van der Waals surface area contributed by atoms with E-state index in [1.807, 2.05) is 55.0 Å². The SMILES string of the molecule is CN(C)CCc1c[nH]c2cccc(O)c12.CN(C)CCc1c[nH]c2cccc(O)c12.CN(C)CCc1c[nH]c2cccc(O)c12. The van der Waals surface area contributed by atoms with Crippen LogP contribution in [-0.4, -0.2) is 107 Å². The highest BCUT2D eigenvalue weighted by Crippen LogP contribution is 2.29. The molecular weight excluding hydrogens is 564 g/mol. The topological polar surface area (TPSA) is 118 Å². The predicted molar refractivity (Wildman–Crippen MR) is 187 cm³/mol. The maximum Gasteiger partial charge on any atom is 0.125 e. The van der Waals surface area contributed by atoms with Crippen LogP contribution < -0.4 is 0 Å². The lowest BCUT2D eigenvalue weighted by Gasteiger charge is -2.08. The van der Waals surface area contributed by atoms with Crippen LogP contribution in [0.25, 0.3) is 32.7 Å². The van der Waals surface area contributed by atoms with Crippen LogP contribution >= 0.6 is 0 Å². The molecule has 0 spiro atoms. The van der Waals surface area contributed by atoms with Gasteiger partial charge in [0.25, 0.3) is 0 Å². The second kappa shape index (κ2) is 15.5. The summed E-state index contributed by atoms with van der Waals surface area (Å²) in [6.45, 7) is 2.96. The van der Waals surface area contributed by atoms with Gasteiger partial charge in [-0.05, 0) is 115 Å². The summed E-state index contributed by atoms with van der Waals surface area (Å²) in [5.74, 6) is 1.09. The first-order valence-corrected chi connectivity index (χ1v) is 15.3. The Morgan fingerprint density at radius 2 is 0.711 bits per heavy atom. The third kappa shape index (κ3) is 8.82. The van der Waals surface area contributed by atoms with E-state index in [2.05, 4.69) is 71.9 Å². The van der Waals surface area contributed by atoms with Gasteiger partial charge in [0.1, 0.15) is 17.2 Å². The largest absolute Gasteiger partial charge is 0.507 e. The molecule has 6 rings (SSSR count). The fraction of sp³-hybridized carbons (Fsp3) is 0.333. The molecule has 0 unspecified atom stereocenters. The molecule has 0 aliphatic carbocycles. The summed E-state index contributed by atoms with van der Waals surface area (Å²) in [6, 6.07) is 16.7. The Balaban J connectivity index is 0.000000154. The molecule has 0 atom stereocenters. The van der Waals surface area contributed by atoms with E-state index < -0.39 is 0 Å². The molecule has 0 aliphatic rings. The number of hydrogen-bond acceptors (Lipinski definition) is 6. The summed E-state index contributed by atoms with van der Waals surface area (Å²) in [5, 5.41) is 32.2. The highest BCUT2D eigenvalue weighted by molar-refractivity contribution is 5.90. The van der Waals surface area contributed by atoms with E-state index in [9.17, 15) is 15.3 Å². The zero-order chi connectivity index (χ0) is 32.5. The van der Waals surface area contributed by atoms with Gasteiger partial charge >= 0.3 is 0 Å². The maximum atomic E-state index is 9.77. The maximum absolute atomic E-state index is 9.77. The van der Waals surface area contributed by atoms with Gasteiger partial charge in [0.05, 0.1) is 0 Å². The average molecular weight is 613 g/mol. The summed E-state index contributed by atoms with van der Waals surface area (Å²) < 4.78 is 0. The van der Waals surface area contributed by atoms with Gasteiger partial charge in [-0.1, -0.05) is 18.2 Å². The number of likely N-dealkylation sites (N-methyl/N-ethyl adjacent to an activating group) is 3. The lowest BCUT2D eigenvalue weighted by Crippen LogP contribution is -2.14. The summed E-state index contributed by atoms with van der Waals surface area (Å²) >= 11 is 0. The number of hydrogen-bond donors (Lipinski definition) is 6. The molecule has 45 heavy (non-hydrogen) atoms. The number of nitrogens with zero attached hydrogens (tertiary/aromatic N) is 3. The van der Waals surface area contributed by atoms with Gasteiger partial charge in [0, 0.05) is 70.9 Å². The van der Waals surface area contributed by atoms with Crippen molar-refractivity contribution in [3.05, 3.63) is 89.9 Å². The quantitative estimate of drug-likeness (QED) is 0.121. The summed E-state index contributed by atoms with van der Waals surface area (Å²) in [5.41, 5.74) is 6.54. The molecule has 0 bridgehead atoms. The Kier molecular flexibility index (Phi) is 11.5. The molecule has 0 amide bonds. The molecule has 0 radical (unpaired) electrons. The van der Waals surface area contributed by atoms with Crippen molar-refractivity contribution in [2.75, 3.05) is 61.9 Å². The Morgan fingerprint density at radius 3 is 0.956 bits per heavy atom. The van der Waals surface area contributed by atoms with Gasteiger partial charge in [-0.15, -0.1) is 0 Å². The third-order valence-electron chi connectivity index (χ3n) is 7.78. The molecule has 6 aromatic rings. The second-order valence-electron chi connectivity index (χ2n) is 12.2. The van der Waals surface area contributed by atoms with Gasteiger partial charge in [-0.3, -0.25) is 0 Å². The van der Waals surface area contributed by atoms with Crippen LogP contribution in [0, 0.1) is 0 Å². The molecule has 6 N–H and O–H groups in total. The minimum atomic E-state index is 0.363. The van der Waals surface area contributed by atoms with Gasteiger partial charge in [-0.25, -0.2) is 0 Å². The van der Waals surface area contributed by atoms with Crippen LogP contribution in [0.15, 0.2) is 73.2 Å². The molecule has 0 fully saturated rings. The van der Waals surface area contributed by atoms with Gasteiger partial charge in [-0.2, -0.15) is 0 Å². The number of phenols is 3. The van der Waals surface area contributed by atoms with Gasteiger partial charge in [0.15, 0.2) is 0 Å². The standard InChI is InChI=1S/3C12H16N2O/c3*1-14(2)7-6-9-8-13-10-4-3-5-11(15)12(9)10/h3*3-5,8,13,15H,6-7H2,1-2H3. The molecular formula is C36H48N6O3. The zero-order valence-electron chi connectivity index (χ0n) is 27.4. The predicted octanol–water partition coefficient (Wildman–Crippen LogP) is 5.93. The number of aromatic amines is 3. The van der Waals surface area contributed by atoms with Crippen molar-refractivity contribution >= 4 is 32.7 Å². The smallest absolute Gasteiger partial charge is 0.125 e. The first kappa shape index (κ1) is 33.5.